The Kier molecular flexibility index (Phi) is 5.28. The molecule has 1 aromatic rings. The van der Waals surface area contributed by atoms with Gasteiger partial charge in [0, 0.05) is 19.2 Å². The van der Waals surface area contributed by atoms with E-state index < -0.39 is 0 Å². The highest BCUT2D eigenvalue weighted by Gasteiger charge is 1.99. The van der Waals surface area contributed by atoms with E-state index in [9.17, 15) is 4.39 Å². The monoisotopic (exact) mass is 225 g/mol. The van der Waals surface area contributed by atoms with Gasteiger partial charge in [-0.3, -0.25) is 0 Å². The van der Waals surface area contributed by atoms with Gasteiger partial charge >= 0.3 is 0 Å². The summed E-state index contributed by atoms with van der Waals surface area (Å²) in [6.07, 6.45) is 0. The first-order valence-electron chi connectivity index (χ1n) is 5.00. The minimum atomic E-state index is -0.268. The standard InChI is InChI=1S/C11H16FN3O/c1-16-7-6-14-11(13)15-8-9-4-2-3-5-10(9)12/h2-5H,6-8H2,1H3,(H3,13,14,15). The maximum absolute atomic E-state index is 13.2. The molecule has 3 N–H and O–H groups in total. The molecule has 0 saturated carbocycles. The van der Waals surface area contributed by atoms with Crippen LogP contribution in [0.15, 0.2) is 29.3 Å². The van der Waals surface area contributed by atoms with Gasteiger partial charge in [-0.05, 0) is 6.07 Å². The molecule has 0 heterocycles. The van der Waals surface area contributed by atoms with Crippen LogP contribution < -0.4 is 11.1 Å². The van der Waals surface area contributed by atoms with Crippen LogP contribution >= 0.6 is 0 Å². The molecule has 0 aliphatic carbocycles. The first-order chi connectivity index (χ1) is 7.74. The third-order valence-electron chi connectivity index (χ3n) is 1.99. The van der Waals surface area contributed by atoms with E-state index in [4.69, 9.17) is 10.5 Å². The molecule has 0 aromatic heterocycles. The zero-order valence-corrected chi connectivity index (χ0v) is 9.24. The Hall–Kier alpha value is -1.62. The Labute approximate surface area is 94.3 Å². The summed E-state index contributed by atoms with van der Waals surface area (Å²) in [5.41, 5.74) is 6.10. The lowest BCUT2D eigenvalue weighted by Gasteiger charge is -2.04. The van der Waals surface area contributed by atoms with Crippen LogP contribution in [0.4, 0.5) is 4.39 Å². The summed E-state index contributed by atoms with van der Waals surface area (Å²) in [7, 11) is 1.61. The number of benzene rings is 1. The summed E-state index contributed by atoms with van der Waals surface area (Å²) in [6, 6.07) is 6.49. The van der Waals surface area contributed by atoms with Crippen molar-refractivity contribution in [2.75, 3.05) is 20.3 Å². The van der Waals surface area contributed by atoms with Crippen molar-refractivity contribution in [1.29, 1.82) is 0 Å². The minimum absolute atomic E-state index is 0.235. The van der Waals surface area contributed by atoms with Crippen molar-refractivity contribution in [2.45, 2.75) is 6.54 Å². The molecule has 5 heteroatoms. The zero-order valence-electron chi connectivity index (χ0n) is 9.24. The molecule has 1 rings (SSSR count). The number of rotatable bonds is 5. The molecule has 0 radical (unpaired) electrons. The molecule has 1 aromatic carbocycles. The van der Waals surface area contributed by atoms with Gasteiger partial charge in [-0.25, -0.2) is 9.38 Å². The number of methoxy groups -OCH3 is 1. The predicted octanol–water partition coefficient (Wildman–Crippen LogP) is 0.876. The third kappa shape index (κ3) is 4.27. The van der Waals surface area contributed by atoms with Gasteiger partial charge in [0.25, 0.3) is 0 Å². The van der Waals surface area contributed by atoms with Gasteiger partial charge in [-0.15, -0.1) is 0 Å². The lowest BCUT2D eigenvalue weighted by atomic mass is 10.2. The fourth-order valence-corrected chi connectivity index (χ4v) is 1.13. The van der Waals surface area contributed by atoms with Crippen LogP contribution in [-0.2, 0) is 11.3 Å². The zero-order chi connectivity index (χ0) is 11.8. The van der Waals surface area contributed by atoms with E-state index in [1.807, 2.05) is 0 Å². The Bertz CT molecular complexity index is 355. The maximum Gasteiger partial charge on any atom is 0.189 e. The Morgan fingerprint density at radius 2 is 2.25 bits per heavy atom. The second-order valence-corrected chi connectivity index (χ2v) is 3.21. The number of nitrogens with two attached hydrogens (primary N) is 1. The van der Waals surface area contributed by atoms with Crippen LogP contribution in [0.3, 0.4) is 0 Å². The number of guanidine groups is 1. The number of hydrogen-bond donors (Lipinski definition) is 2. The quantitative estimate of drug-likeness (QED) is 0.444. The number of ether oxygens (including phenoxy) is 1. The van der Waals surface area contributed by atoms with E-state index >= 15 is 0 Å². The second-order valence-electron chi connectivity index (χ2n) is 3.21. The van der Waals surface area contributed by atoms with E-state index in [0.717, 1.165) is 0 Å². The Morgan fingerprint density at radius 1 is 1.50 bits per heavy atom. The fourth-order valence-electron chi connectivity index (χ4n) is 1.13. The molecular formula is C11H16FN3O. The van der Waals surface area contributed by atoms with Crippen molar-refractivity contribution in [3.63, 3.8) is 0 Å². The second kappa shape index (κ2) is 6.79. The highest BCUT2D eigenvalue weighted by molar-refractivity contribution is 5.77. The molecule has 0 aliphatic heterocycles. The molecule has 4 nitrogen and oxygen atoms in total. The van der Waals surface area contributed by atoms with Gasteiger partial charge < -0.3 is 15.8 Å². The maximum atomic E-state index is 13.2. The normalized spacial score (nSPS) is 11.5. The van der Waals surface area contributed by atoms with Crippen LogP contribution in [0.2, 0.25) is 0 Å². The largest absolute Gasteiger partial charge is 0.383 e. The molecule has 0 atom stereocenters. The van der Waals surface area contributed by atoms with Gasteiger partial charge in [-0.2, -0.15) is 0 Å². The average Bonchev–Trinajstić information content (AvgIpc) is 2.28. The van der Waals surface area contributed by atoms with Crippen LogP contribution in [-0.4, -0.2) is 26.2 Å². The molecule has 0 amide bonds. The summed E-state index contributed by atoms with van der Waals surface area (Å²) < 4.78 is 18.0. The number of hydrogen-bond acceptors (Lipinski definition) is 2. The fraction of sp³-hybridized carbons (Fsp3) is 0.364. The molecular weight excluding hydrogens is 209 g/mol. The van der Waals surface area contributed by atoms with Crippen molar-refractivity contribution in [3.05, 3.63) is 35.6 Å². The molecule has 0 spiro atoms. The summed E-state index contributed by atoms with van der Waals surface area (Å²) in [6.45, 7) is 1.37. The molecule has 0 unspecified atom stereocenters. The topological polar surface area (TPSA) is 59.6 Å². The number of nitrogens with one attached hydrogen (secondary N) is 1. The van der Waals surface area contributed by atoms with Crippen molar-refractivity contribution in [1.82, 2.24) is 5.32 Å². The van der Waals surface area contributed by atoms with Crippen LogP contribution in [0.1, 0.15) is 5.56 Å². The van der Waals surface area contributed by atoms with Gasteiger partial charge in [-0.1, -0.05) is 18.2 Å². The van der Waals surface area contributed by atoms with E-state index in [1.54, 1.807) is 25.3 Å². The SMILES string of the molecule is COCCNC(N)=NCc1ccccc1F. The van der Waals surface area contributed by atoms with Crippen LogP contribution in [0.25, 0.3) is 0 Å². The van der Waals surface area contributed by atoms with Gasteiger partial charge in [0.05, 0.1) is 13.2 Å². The number of halogens is 1. The van der Waals surface area contributed by atoms with E-state index in [2.05, 4.69) is 10.3 Å². The lowest BCUT2D eigenvalue weighted by Crippen LogP contribution is -2.34. The van der Waals surface area contributed by atoms with E-state index in [-0.39, 0.29) is 12.4 Å². The molecule has 0 bridgehead atoms. The minimum Gasteiger partial charge on any atom is -0.383 e. The average molecular weight is 225 g/mol. The summed E-state index contributed by atoms with van der Waals surface area (Å²) in [4.78, 5) is 4.01. The first-order valence-corrected chi connectivity index (χ1v) is 5.00. The van der Waals surface area contributed by atoms with Gasteiger partial charge in [0.15, 0.2) is 5.96 Å². The van der Waals surface area contributed by atoms with Gasteiger partial charge in [0.2, 0.25) is 0 Å². The van der Waals surface area contributed by atoms with E-state index in [0.29, 0.717) is 24.7 Å². The van der Waals surface area contributed by atoms with Crippen molar-refractivity contribution in [2.24, 2.45) is 10.7 Å². The van der Waals surface area contributed by atoms with E-state index in [1.165, 1.54) is 6.07 Å². The highest BCUT2D eigenvalue weighted by Crippen LogP contribution is 2.06. The Morgan fingerprint density at radius 3 is 2.94 bits per heavy atom. The molecule has 16 heavy (non-hydrogen) atoms. The van der Waals surface area contributed by atoms with Crippen molar-refractivity contribution < 1.29 is 9.13 Å². The predicted molar refractivity (Wildman–Crippen MR) is 61.6 cm³/mol. The highest BCUT2D eigenvalue weighted by atomic mass is 19.1. The first kappa shape index (κ1) is 12.4. The molecule has 0 aliphatic rings. The summed E-state index contributed by atoms with van der Waals surface area (Å²) in [5.74, 6) is 0.0243. The number of aliphatic imine (C=N–C) groups is 1. The van der Waals surface area contributed by atoms with Crippen LogP contribution in [0.5, 0.6) is 0 Å². The van der Waals surface area contributed by atoms with Crippen molar-refractivity contribution >= 4 is 5.96 Å². The smallest absolute Gasteiger partial charge is 0.189 e. The molecule has 88 valence electrons. The summed E-state index contributed by atoms with van der Waals surface area (Å²) in [5, 5.41) is 2.85. The number of nitrogens with zero attached hydrogens (tertiary/aromatic N) is 1. The third-order valence-corrected chi connectivity index (χ3v) is 1.99. The summed E-state index contributed by atoms with van der Waals surface area (Å²) >= 11 is 0. The molecule has 0 fully saturated rings. The molecule has 0 saturated heterocycles. The lowest BCUT2D eigenvalue weighted by molar-refractivity contribution is 0.204. The van der Waals surface area contributed by atoms with Crippen LogP contribution in [0, 0.1) is 5.82 Å². The van der Waals surface area contributed by atoms with Crippen molar-refractivity contribution in [3.8, 4) is 0 Å². The van der Waals surface area contributed by atoms with Gasteiger partial charge in [0.1, 0.15) is 5.82 Å². The Balaban J connectivity index is 2.43.